The Bertz CT molecular complexity index is 977. The summed E-state index contributed by atoms with van der Waals surface area (Å²) in [6.07, 6.45) is 8.69. The Morgan fingerprint density at radius 1 is 0.974 bits per heavy atom. The molecule has 1 amide bonds. The number of carbonyl (C=O) groups is 4. The minimum Gasteiger partial charge on any atom is -0.469 e. The van der Waals surface area contributed by atoms with Crippen LogP contribution in [0.1, 0.15) is 90.2 Å². The fourth-order valence-electron chi connectivity index (χ4n) is 4.23. The van der Waals surface area contributed by atoms with Crippen molar-refractivity contribution in [2.45, 2.75) is 91.1 Å². The zero-order valence-electron chi connectivity index (χ0n) is 22.8. The molecule has 1 saturated carbocycles. The summed E-state index contributed by atoms with van der Waals surface area (Å²) in [5.41, 5.74) is -0.521. The third-order valence-corrected chi connectivity index (χ3v) is 6.70. The van der Waals surface area contributed by atoms with Crippen molar-refractivity contribution in [1.29, 1.82) is 0 Å². The van der Waals surface area contributed by atoms with Gasteiger partial charge in [0.25, 0.3) is 0 Å². The molecule has 1 aromatic heterocycles. The number of nitrogens with one attached hydrogen (secondary N) is 1. The summed E-state index contributed by atoms with van der Waals surface area (Å²) in [6, 6.07) is 1.16. The molecule has 0 saturated heterocycles. The Kier molecular flexibility index (Phi) is 13.6. The van der Waals surface area contributed by atoms with Gasteiger partial charge in [0, 0.05) is 31.4 Å². The van der Waals surface area contributed by atoms with E-state index in [1.807, 2.05) is 13.8 Å². The molecule has 0 bridgehead atoms. The van der Waals surface area contributed by atoms with Crippen molar-refractivity contribution < 1.29 is 37.8 Å². The van der Waals surface area contributed by atoms with Gasteiger partial charge < -0.3 is 23.9 Å². The molecule has 1 fully saturated rings. The lowest BCUT2D eigenvalue weighted by Gasteiger charge is -2.27. The summed E-state index contributed by atoms with van der Waals surface area (Å²) >= 11 is 0. The molecule has 38 heavy (non-hydrogen) atoms. The van der Waals surface area contributed by atoms with Crippen molar-refractivity contribution in [1.82, 2.24) is 5.32 Å². The molecule has 1 heterocycles. The quantitative estimate of drug-likeness (QED) is 0.260. The fourth-order valence-corrected chi connectivity index (χ4v) is 4.23. The van der Waals surface area contributed by atoms with E-state index in [9.17, 15) is 24.0 Å². The van der Waals surface area contributed by atoms with Gasteiger partial charge in [0.1, 0.15) is 18.6 Å². The van der Waals surface area contributed by atoms with Gasteiger partial charge in [0.15, 0.2) is 0 Å². The topological polar surface area (TPSA) is 138 Å². The van der Waals surface area contributed by atoms with E-state index in [1.165, 1.54) is 7.11 Å². The number of rotatable bonds is 15. The Balaban J connectivity index is 1.65. The lowest BCUT2D eigenvalue weighted by Crippen LogP contribution is -2.35. The fraction of sp³-hybridized carbons (Fsp3) is 0.679. The lowest BCUT2D eigenvalue weighted by atomic mass is 9.82. The number of hydrogen-bond acceptors (Lipinski definition) is 9. The van der Waals surface area contributed by atoms with E-state index in [-0.39, 0.29) is 48.2 Å². The van der Waals surface area contributed by atoms with Crippen LogP contribution in [0.4, 0.5) is 0 Å². The maximum atomic E-state index is 12.5. The van der Waals surface area contributed by atoms with Crippen LogP contribution in [0.3, 0.4) is 0 Å². The van der Waals surface area contributed by atoms with Gasteiger partial charge in [-0.3, -0.25) is 24.0 Å². The summed E-state index contributed by atoms with van der Waals surface area (Å²) in [7, 11) is 1.37. The van der Waals surface area contributed by atoms with Gasteiger partial charge in [-0.25, -0.2) is 0 Å². The molecule has 0 aliphatic heterocycles. The summed E-state index contributed by atoms with van der Waals surface area (Å²) in [5, 5.41) is 2.94. The van der Waals surface area contributed by atoms with Crippen LogP contribution in [0.15, 0.2) is 21.5 Å². The molecule has 0 unspecified atom stereocenters. The highest BCUT2D eigenvalue weighted by molar-refractivity contribution is 5.77. The Hall–Kier alpha value is -3.17. The van der Waals surface area contributed by atoms with Gasteiger partial charge in [-0.15, -0.1) is 0 Å². The van der Waals surface area contributed by atoms with Gasteiger partial charge in [-0.05, 0) is 44.4 Å². The van der Waals surface area contributed by atoms with Crippen molar-refractivity contribution >= 4 is 23.8 Å². The van der Waals surface area contributed by atoms with Crippen molar-refractivity contribution in [2.75, 3.05) is 13.7 Å². The lowest BCUT2D eigenvalue weighted by molar-refractivity contribution is -0.145. The summed E-state index contributed by atoms with van der Waals surface area (Å²) < 4.78 is 20.4. The second-order valence-corrected chi connectivity index (χ2v) is 10.1. The number of unbranched alkanes of at least 4 members (excludes halogenated alkanes) is 4. The monoisotopic (exact) mass is 535 g/mol. The first kappa shape index (κ1) is 31.1. The van der Waals surface area contributed by atoms with E-state index in [0.717, 1.165) is 50.9 Å². The van der Waals surface area contributed by atoms with Crippen LogP contribution in [0, 0.1) is 17.8 Å². The molecule has 0 radical (unpaired) electrons. The van der Waals surface area contributed by atoms with Crippen molar-refractivity contribution in [2.24, 2.45) is 17.8 Å². The minimum atomic E-state index is -0.521. The molecule has 2 rings (SSSR count). The highest BCUT2D eigenvalue weighted by atomic mass is 16.6. The number of esters is 3. The van der Waals surface area contributed by atoms with E-state index < -0.39 is 17.4 Å². The highest BCUT2D eigenvalue weighted by Crippen LogP contribution is 2.29. The first-order valence-corrected chi connectivity index (χ1v) is 13.5. The van der Waals surface area contributed by atoms with Crippen molar-refractivity contribution in [3.63, 3.8) is 0 Å². The van der Waals surface area contributed by atoms with Crippen LogP contribution >= 0.6 is 0 Å². The van der Waals surface area contributed by atoms with Crippen LogP contribution in [-0.4, -0.2) is 37.5 Å². The Morgan fingerprint density at radius 3 is 2.21 bits per heavy atom. The number of amides is 1. The van der Waals surface area contributed by atoms with E-state index in [2.05, 4.69) is 10.1 Å². The molecular formula is C28H41NO9. The van der Waals surface area contributed by atoms with Crippen molar-refractivity contribution in [3.05, 3.63) is 28.3 Å². The molecule has 10 nitrogen and oxygen atoms in total. The summed E-state index contributed by atoms with van der Waals surface area (Å²) in [5.74, 6) is -1.11. The van der Waals surface area contributed by atoms with Gasteiger partial charge in [0.2, 0.25) is 17.1 Å². The van der Waals surface area contributed by atoms with Crippen LogP contribution in [0.25, 0.3) is 0 Å². The van der Waals surface area contributed by atoms with Gasteiger partial charge in [-0.2, -0.15) is 0 Å². The third kappa shape index (κ3) is 11.5. The predicted molar refractivity (Wildman–Crippen MR) is 138 cm³/mol. The molecule has 1 N–H and O–H groups in total. The molecule has 1 aliphatic carbocycles. The summed E-state index contributed by atoms with van der Waals surface area (Å²) in [6.45, 7) is 4.12. The van der Waals surface area contributed by atoms with Gasteiger partial charge in [-0.1, -0.05) is 33.1 Å². The maximum absolute atomic E-state index is 12.5. The normalized spacial score (nSPS) is 17.1. The van der Waals surface area contributed by atoms with Crippen molar-refractivity contribution in [3.8, 4) is 5.75 Å². The van der Waals surface area contributed by atoms with Crippen LogP contribution in [-0.2, 0) is 35.3 Å². The maximum Gasteiger partial charge on any atom is 0.314 e. The molecule has 0 spiro atoms. The molecule has 212 valence electrons. The van der Waals surface area contributed by atoms with E-state index in [0.29, 0.717) is 38.1 Å². The number of carbonyl (C=O) groups excluding carboxylic acids is 4. The Morgan fingerprint density at radius 2 is 1.61 bits per heavy atom. The minimum absolute atomic E-state index is 0.0250. The first-order chi connectivity index (χ1) is 18.2. The molecule has 0 atom stereocenters. The van der Waals surface area contributed by atoms with Gasteiger partial charge >= 0.3 is 17.9 Å². The zero-order valence-corrected chi connectivity index (χ0v) is 22.8. The van der Waals surface area contributed by atoms with E-state index in [4.69, 9.17) is 13.9 Å². The second kappa shape index (κ2) is 16.6. The van der Waals surface area contributed by atoms with Gasteiger partial charge in [0.05, 0.1) is 13.0 Å². The predicted octanol–water partition coefficient (Wildman–Crippen LogP) is 4.07. The number of ether oxygens (including phenoxy) is 3. The number of methoxy groups -OCH3 is 1. The van der Waals surface area contributed by atoms with Crippen LogP contribution < -0.4 is 15.5 Å². The van der Waals surface area contributed by atoms with Crippen LogP contribution in [0.5, 0.6) is 5.75 Å². The average molecular weight is 536 g/mol. The van der Waals surface area contributed by atoms with E-state index >= 15 is 0 Å². The average Bonchev–Trinajstić information content (AvgIpc) is 2.91. The Labute approximate surface area is 223 Å². The summed E-state index contributed by atoms with van der Waals surface area (Å²) in [4.78, 5) is 59.6. The first-order valence-electron chi connectivity index (χ1n) is 13.5. The molecular weight excluding hydrogens is 494 g/mol. The standard InChI is InChI=1S/C28H41NO9/c1-19(2)27(33)29-16-20-11-13-21(14-12-20)28(34)38-24-18-36-22(15-23(24)30)17-37-26(32)10-8-6-4-5-7-9-25(31)35-3/h15,18-21H,4-14,16-17H2,1-3H3,(H,29,33). The molecule has 0 aromatic carbocycles. The number of hydrogen-bond donors (Lipinski definition) is 1. The van der Waals surface area contributed by atoms with Crippen LogP contribution in [0.2, 0.25) is 0 Å². The zero-order chi connectivity index (χ0) is 27.9. The highest BCUT2D eigenvalue weighted by Gasteiger charge is 2.28. The SMILES string of the molecule is COC(=O)CCCCCCCC(=O)OCc1cc(=O)c(OC(=O)C2CCC(CNC(=O)C(C)C)CC2)co1. The molecule has 1 aromatic rings. The second-order valence-electron chi connectivity index (χ2n) is 10.1. The third-order valence-electron chi connectivity index (χ3n) is 6.70. The van der Waals surface area contributed by atoms with E-state index in [1.54, 1.807) is 0 Å². The molecule has 10 heteroatoms. The molecule has 1 aliphatic rings. The smallest absolute Gasteiger partial charge is 0.314 e. The largest absolute Gasteiger partial charge is 0.469 e.